The zero-order chi connectivity index (χ0) is 12.6. The summed E-state index contributed by atoms with van der Waals surface area (Å²) < 4.78 is 0. The number of amides is 3. The fourth-order valence-electron chi connectivity index (χ4n) is 2.41. The first kappa shape index (κ1) is 12.4. The molecule has 17 heavy (non-hydrogen) atoms. The Morgan fingerprint density at radius 1 is 1.47 bits per heavy atom. The largest absolute Gasteiger partial charge is 0.341 e. The zero-order valence-corrected chi connectivity index (χ0v) is 10.4. The highest BCUT2D eigenvalue weighted by Gasteiger charge is 2.45. The van der Waals surface area contributed by atoms with Gasteiger partial charge in [0.2, 0.25) is 17.7 Å². The molecule has 0 bridgehead atoms. The highest BCUT2D eigenvalue weighted by molar-refractivity contribution is 6.30. The summed E-state index contributed by atoms with van der Waals surface area (Å²) in [4.78, 5) is 36.4. The monoisotopic (exact) mass is 258 g/mol. The molecule has 0 aromatic heterocycles. The van der Waals surface area contributed by atoms with Crippen LogP contribution in [0.25, 0.3) is 0 Å². The molecule has 2 heterocycles. The van der Waals surface area contributed by atoms with Crippen LogP contribution in [0.3, 0.4) is 0 Å². The van der Waals surface area contributed by atoms with Gasteiger partial charge >= 0.3 is 0 Å². The highest BCUT2D eigenvalue weighted by Crippen LogP contribution is 2.29. The highest BCUT2D eigenvalue weighted by atomic mass is 35.5. The van der Waals surface area contributed by atoms with E-state index in [-0.39, 0.29) is 29.6 Å². The maximum atomic E-state index is 11.9. The minimum atomic E-state index is -0.535. The van der Waals surface area contributed by atoms with Crippen LogP contribution < -0.4 is 5.32 Å². The molecule has 0 spiro atoms. The number of imide groups is 1. The van der Waals surface area contributed by atoms with E-state index in [4.69, 9.17) is 11.6 Å². The third-order valence-corrected chi connectivity index (χ3v) is 3.97. The lowest BCUT2D eigenvalue weighted by Crippen LogP contribution is -2.47. The fourth-order valence-corrected chi connectivity index (χ4v) is 2.55. The quantitative estimate of drug-likeness (QED) is 0.565. The van der Waals surface area contributed by atoms with Gasteiger partial charge < -0.3 is 4.90 Å². The van der Waals surface area contributed by atoms with E-state index in [1.807, 2.05) is 6.92 Å². The van der Waals surface area contributed by atoms with Crippen molar-refractivity contribution in [1.82, 2.24) is 10.2 Å². The summed E-state index contributed by atoms with van der Waals surface area (Å²) in [5, 5.41) is 1.78. The molecule has 0 aliphatic carbocycles. The second kappa shape index (κ2) is 4.64. The molecule has 1 N–H and O–H groups in total. The van der Waals surface area contributed by atoms with Crippen molar-refractivity contribution < 1.29 is 14.4 Å². The number of nitrogens with one attached hydrogen (secondary N) is 1. The first-order chi connectivity index (χ1) is 8.04. The lowest BCUT2D eigenvalue weighted by Gasteiger charge is -2.33. The Labute approximate surface area is 104 Å². The van der Waals surface area contributed by atoms with Gasteiger partial charge in [0.1, 0.15) is 5.38 Å². The van der Waals surface area contributed by atoms with Crippen molar-refractivity contribution in [3.05, 3.63) is 0 Å². The van der Waals surface area contributed by atoms with Crippen molar-refractivity contribution in [3.63, 3.8) is 0 Å². The molecule has 3 atom stereocenters. The molecular weight excluding hydrogens is 244 g/mol. The predicted molar refractivity (Wildman–Crippen MR) is 61.3 cm³/mol. The van der Waals surface area contributed by atoms with E-state index in [0.29, 0.717) is 25.9 Å². The maximum absolute atomic E-state index is 11.9. The number of nitrogens with zero attached hydrogens (tertiary/aromatic N) is 1. The van der Waals surface area contributed by atoms with Gasteiger partial charge in [0.05, 0.1) is 11.8 Å². The SMILES string of the molecule is CC[C@H](Cl)C(=O)N1CC[C@H]2C(=O)NC(=O)[C@H]2C1. The Kier molecular flexibility index (Phi) is 3.38. The van der Waals surface area contributed by atoms with Crippen LogP contribution in [0.4, 0.5) is 0 Å². The third kappa shape index (κ3) is 2.16. The minimum Gasteiger partial charge on any atom is -0.341 e. The van der Waals surface area contributed by atoms with Crippen molar-refractivity contribution in [1.29, 1.82) is 0 Å². The number of carbonyl (C=O) groups is 3. The number of carbonyl (C=O) groups excluding carboxylic acids is 3. The molecule has 0 saturated carbocycles. The first-order valence-corrected chi connectivity index (χ1v) is 6.25. The molecule has 2 aliphatic rings. The van der Waals surface area contributed by atoms with Crippen LogP contribution in [-0.2, 0) is 14.4 Å². The van der Waals surface area contributed by atoms with Gasteiger partial charge in [-0.25, -0.2) is 0 Å². The average molecular weight is 259 g/mol. The van der Waals surface area contributed by atoms with Gasteiger partial charge in [0, 0.05) is 13.1 Å². The Morgan fingerprint density at radius 2 is 2.12 bits per heavy atom. The Balaban J connectivity index is 2.05. The van der Waals surface area contributed by atoms with Crippen molar-refractivity contribution in [2.45, 2.75) is 25.1 Å². The Hall–Kier alpha value is -1.10. The molecule has 0 aromatic rings. The number of rotatable bonds is 2. The molecule has 2 aliphatic heterocycles. The number of piperidine rings is 1. The van der Waals surface area contributed by atoms with Crippen LogP contribution in [0.1, 0.15) is 19.8 Å². The van der Waals surface area contributed by atoms with Crippen molar-refractivity contribution >= 4 is 29.3 Å². The summed E-state index contributed by atoms with van der Waals surface area (Å²) in [5.74, 6) is -1.26. The van der Waals surface area contributed by atoms with Gasteiger partial charge in [-0.3, -0.25) is 19.7 Å². The van der Waals surface area contributed by atoms with E-state index in [0.717, 1.165) is 0 Å². The summed E-state index contributed by atoms with van der Waals surface area (Å²) in [6.07, 6.45) is 1.11. The maximum Gasteiger partial charge on any atom is 0.240 e. The molecule has 0 unspecified atom stereocenters. The van der Waals surface area contributed by atoms with Crippen LogP contribution in [0, 0.1) is 11.8 Å². The number of hydrogen-bond donors (Lipinski definition) is 1. The number of hydrogen-bond acceptors (Lipinski definition) is 3. The molecule has 6 heteroatoms. The van der Waals surface area contributed by atoms with Crippen LogP contribution in [0.2, 0.25) is 0 Å². The molecular formula is C11H15ClN2O3. The van der Waals surface area contributed by atoms with Gasteiger partial charge in [-0.2, -0.15) is 0 Å². The van der Waals surface area contributed by atoms with Crippen LogP contribution in [0.15, 0.2) is 0 Å². The topological polar surface area (TPSA) is 66.5 Å². The Bertz CT molecular complexity index is 372. The van der Waals surface area contributed by atoms with E-state index in [1.54, 1.807) is 4.90 Å². The molecule has 0 aromatic carbocycles. The fraction of sp³-hybridized carbons (Fsp3) is 0.727. The van der Waals surface area contributed by atoms with Crippen molar-refractivity contribution in [2.24, 2.45) is 11.8 Å². The van der Waals surface area contributed by atoms with E-state index < -0.39 is 5.38 Å². The molecule has 5 nitrogen and oxygen atoms in total. The van der Waals surface area contributed by atoms with Crippen LogP contribution >= 0.6 is 11.6 Å². The molecule has 0 radical (unpaired) electrons. The number of likely N-dealkylation sites (tertiary alicyclic amines) is 1. The summed E-state index contributed by atoms with van der Waals surface area (Å²) in [5.41, 5.74) is 0. The first-order valence-electron chi connectivity index (χ1n) is 5.82. The van der Waals surface area contributed by atoms with Crippen LogP contribution in [0.5, 0.6) is 0 Å². The average Bonchev–Trinajstić information content (AvgIpc) is 2.62. The number of alkyl halides is 1. The molecule has 94 valence electrons. The van der Waals surface area contributed by atoms with E-state index >= 15 is 0 Å². The Morgan fingerprint density at radius 3 is 2.76 bits per heavy atom. The second-order valence-electron chi connectivity index (χ2n) is 4.52. The molecule has 3 amide bonds. The zero-order valence-electron chi connectivity index (χ0n) is 9.61. The summed E-state index contributed by atoms with van der Waals surface area (Å²) in [6, 6.07) is 0. The van der Waals surface area contributed by atoms with Crippen LogP contribution in [-0.4, -0.2) is 41.1 Å². The third-order valence-electron chi connectivity index (χ3n) is 3.47. The van der Waals surface area contributed by atoms with Gasteiger partial charge in [0.25, 0.3) is 0 Å². The molecule has 2 fully saturated rings. The van der Waals surface area contributed by atoms with Gasteiger partial charge in [-0.15, -0.1) is 11.6 Å². The molecule has 2 rings (SSSR count). The van der Waals surface area contributed by atoms with E-state index in [9.17, 15) is 14.4 Å². The summed E-state index contributed by atoms with van der Waals surface area (Å²) in [7, 11) is 0. The van der Waals surface area contributed by atoms with Gasteiger partial charge in [-0.05, 0) is 12.8 Å². The van der Waals surface area contributed by atoms with Crippen molar-refractivity contribution in [2.75, 3.05) is 13.1 Å². The molecule has 2 saturated heterocycles. The summed E-state index contributed by atoms with van der Waals surface area (Å²) in [6.45, 7) is 2.66. The number of fused-ring (bicyclic) bond motifs is 1. The normalized spacial score (nSPS) is 29.9. The van der Waals surface area contributed by atoms with Gasteiger partial charge in [0.15, 0.2) is 0 Å². The number of halogens is 1. The minimum absolute atomic E-state index is 0.139. The second-order valence-corrected chi connectivity index (χ2v) is 5.04. The smallest absolute Gasteiger partial charge is 0.240 e. The standard InChI is InChI=1S/C11H15ClN2O3/c1-2-8(12)11(17)14-4-3-6-7(5-14)10(16)13-9(6)15/h6-8H,2-5H2,1H3,(H,13,15,16)/t6-,7+,8+/m1/s1. The van der Waals surface area contributed by atoms with Crippen molar-refractivity contribution in [3.8, 4) is 0 Å². The van der Waals surface area contributed by atoms with Gasteiger partial charge in [-0.1, -0.05) is 6.92 Å². The summed E-state index contributed by atoms with van der Waals surface area (Å²) >= 11 is 5.90. The van der Waals surface area contributed by atoms with E-state index in [1.165, 1.54) is 0 Å². The lowest BCUT2D eigenvalue weighted by atomic mass is 9.87. The lowest BCUT2D eigenvalue weighted by molar-refractivity contribution is -0.136. The predicted octanol–water partition coefficient (Wildman–Crippen LogP) is 0.125. The van der Waals surface area contributed by atoms with E-state index in [2.05, 4.69) is 5.32 Å².